The standard InChI is InChI=1S/C47H55ClN8O6S2/c1-26-28(3)64-46-39(26)40(31-15-17-33(48)18-16-31)51-36(43-54-53-29(4)56(43)46)20-34(57)10-8-9-19-62-24-38(59)52-42(47(5,6)7)45(61)55-23-35(58)21-37(55)44(60)49-22-30-11-13-32(14-12-30)41-27(2)50-25-63-41/h11-18,25,35-37,42,58H,8-10,19-24H2,1-7H3,(H,49,60)(H,52,59)/t35-,36+,37+,42-/m1/s1. The Morgan fingerprint density at radius 3 is 2.39 bits per heavy atom. The van der Waals surface area contributed by atoms with Gasteiger partial charge in [-0.05, 0) is 74.8 Å². The third kappa shape index (κ3) is 10.5. The SMILES string of the molecule is Cc1ncsc1-c1ccc(CNC(=O)[C@@H]2C[C@@H](O)CN2C(=O)[C@@H](NC(=O)COCCCCC(=O)C[C@@H]2N=C(c3ccc(Cl)cc3)c3c(sc(C)c3C)-n3c(C)nnc32)C(C)(C)C)cc1. The van der Waals surface area contributed by atoms with Gasteiger partial charge in [0.1, 0.15) is 41.3 Å². The number of aromatic nitrogens is 4. The summed E-state index contributed by atoms with van der Waals surface area (Å²) in [5.74, 6) is 0.0580. The molecular weight excluding hydrogens is 872 g/mol. The number of hydrogen-bond donors (Lipinski definition) is 3. The van der Waals surface area contributed by atoms with Crippen molar-refractivity contribution in [2.75, 3.05) is 19.8 Å². The average molecular weight is 928 g/mol. The van der Waals surface area contributed by atoms with Crippen LogP contribution in [-0.2, 0) is 30.5 Å². The zero-order chi connectivity index (χ0) is 45.9. The number of rotatable bonds is 16. The number of unbranched alkanes of at least 4 members (excludes halogenated alkanes) is 1. The van der Waals surface area contributed by atoms with Gasteiger partial charge < -0.3 is 25.4 Å². The number of nitrogens with one attached hydrogen (secondary N) is 2. The van der Waals surface area contributed by atoms with Crippen LogP contribution in [0.1, 0.15) is 103 Å². The van der Waals surface area contributed by atoms with Crippen LogP contribution >= 0.6 is 34.3 Å². The number of fused-ring (bicyclic) bond motifs is 3. The van der Waals surface area contributed by atoms with E-state index in [2.05, 4.69) is 39.7 Å². The number of ether oxygens (including phenoxy) is 1. The number of benzene rings is 2. The number of carbonyl (C=O) groups excluding carboxylic acids is 4. The Kier molecular flexibility index (Phi) is 14.6. The molecule has 1 fully saturated rings. The van der Waals surface area contributed by atoms with Gasteiger partial charge in [0.2, 0.25) is 17.7 Å². The van der Waals surface area contributed by atoms with Crippen molar-refractivity contribution in [1.82, 2.24) is 35.3 Å². The number of nitrogens with zero attached hydrogens (tertiary/aromatic N) is 6. The molecule has 0 bridgehead atoms. The van der Waals surface area contributed by atoms with Gasteiger partial charge in [0, 0.05) is 60.0 Å². The number of likely N-dealkylation sites (tertiary alicyclic amines) is 1. The van der Waals surface area contributed by atoms with E-state index >= 15 is 0 Å². The van der Waals surface area contributed by atoms with E-state index in [9.17, 15) is 24.3 Å². The Morgan fingerprint density at radius 2 is 1.70 bits per heavy atom. The first-order valence-corrected chi connectivity index (χ1v) is 23.6. The Bertz CT molecular complexity index is 2540. The molecular formula is C47H55ClN8O6S2. The van der Waals surface area contributed by atoms with E-state index in [4.69, 9.17) is 21.3 Å². The summed E-state index contributed by atoms with van der Waals surface area (Å²) in [5, 5.41) is 26.8. The van der Waals surface area contributed by atoms with Crippen LogP contribution < -0.4 is 10.6 Å². The van der Waals surface area contributed by atoms with Crippen molar-refractivity contribution in [3.8, 4) is 15.4 Å². The number of aliphatic hydroxyl groups excluding tert-OH is 1. The van der Waals surface area contributed by atoms with Gasteiger partial charge in [-0.2, -0.15) is 0 Å². The molecule has 1 saturated heterocycles. The molecule has 0 saturated carbocycles. The Morgan fingerprint density at radius 1 is 0.984 bits per heavy atom. The highest BCUT2D eigenvalue weighted by atomic mass is 35.5. The molecule has 5 heterocycles. The number of amides is 3. The minimum absolute atomic E-state index is 0.0226. The highest BCUT2D eigenvalue weighted by Gasteiger charge is 2.44. The predicted molar refractivity (Wildman–Crippen MR) is 249 cm³/mol. The Balaban J connectivity index is 0.896. The number of carbonyl (C=O) groups is 4. The van der Waals surface area contributed by atoms with E-state index < -0.39 is 41.5 Å². The second-order valence-corrected chi connectivity index (χ2v) is 20.1. The fourth-order valence-corrected chi connectivity index (χ4v) is 10.3. The number of aryl methyl sites for hydroxylation is 3. The molecule has 2 aliphatic heterocycles. The molecule has 14 nitrogen and oxygen atoms in total. The molecule has 17 heteroatoms. The fraction of sp³-hybridized carbons (Fsp3) is 0.447. The molecule has 2 aliphatic rings. The number of aliphatic hydroxyl groups is 1. The van der Waals surface area contributed by atoms with Crippen LogP contribution in [0.2, 0.25) is 5.02 Å². The number of β-amino-alcohol motifs (C(OH)–C–C–N with tert-alkyl or cyclic N) is 1. The topological polar surface area (TPSA) is 181 Å². The molecule has 7 rings (SSSR count). The molecule has 3 amide bonds. The van der Waals surface area contributed by atoms with Gasteiger partial charge in [-0.25, -0.2) is 4.98 Å². The van der Waals surface area contributed by atoms with Crippen LogP contribution in [-0.4, -0.2) is 96.9 Å². The van der Waals surface area contributed by atoms with Gasteiger partial charge in [-0.3, -0.25) is 28.7 Å². The normalized spacial score (nSPS) is 17.6. The summed E-state index contributed by atoms with van der Waals surface area (Å²) in [6, 6.07) is 13.0. The average Bonchev–Trinajstić information content (AvgIpc) is 4.02. The van der Waals surface area contributed by atoms with Gasteiger partial charge in [-0.1, -0.05) is 68.8 Å². The number of thiazole rings is 1. The lowest BCUT2D eigenvalue weighted by Gasteiger charge is -2.35. The number of halogens is 1. The minimum Gasteiger partial charge on any atom is -0.391 e. The summed E-state index contributed by atoms with van der Waals surface area (Å²) in [6.07, 6.45) is 0.723. The van der Waals surface area contributed by atoms with E-state index in [1.807, 2.05) is 93.2 Å². The summed E-state index contributed by atoms with van der Waals surface area (Å²) in [4.78, 5) is 67.4. The maximum absolute atomic E-state index is 14.0. The van der Waals surface area contributed by atoms with Crippen LogP contribution in [0.4, 0.5) is 0 Å². The van der Waals surface area contributed by atoms with Crippen LogP contribution in [0, 0.1) is 33.1 Å². The van der Waals surface area contributed by atoms with Gasteiger partial charge >= 0.3 is 0 Å². The van der Waals surface area contributed by atoms with Crippen LogP contribution in [0.15, 0.2) is 59.0 Å². The van der Waals surface area contributed by atoms with Crippen molar-refractivity contribution in [3.63, 3.8) is 0 Å². The van der Waals surface area contributed by atoms with Crippen molar-refractivity contribution in [3.05, 3.63) is 104 Å². The number of hydrogen-bond acceptors (Lipinski definition) is 12. The molecule has 0 aliphatic carbocycles. The number of ketones is 1. The zero-order valence-electron chi connectivity index (χ0n) is 37.2. The quantitative estimate of drug-likeness (QED) is 0.0864. The third-order valence-corrected chi connectivity index (χ3v) is 14.1. The van der Waals surface area contributed by atoms with Gasteiger partial charge in [0.05, 0.1) is 27.9 Å². The van der Waals surface area contributed by atoms with E-state index in [0.29, 0.717) is 30.1 Å². The predicted octanol–water partition coefficient (Wildman–Crippen LogP) is 7.19. The van der Waals surface area contributed by atoms with Crippen molar-refractivity contribution < 1.29 is 29.0 Å². The molecule has 5 aromatic rings. The first-order chi connectivity index (χ1) is 30.5. The van der Waals surface area contributed by atoms with Gasteiger partial charge in [-0.15, -0.1) is 32.9 Å². The second kappa shape index (κ2) is 19.9. The molecule has 0 unspecified atom stereocenters. The van der Waals surface area contributed by atoms with Crippen molar-refractivity contribution in [1.29, 1.82) is 0 Å². The Hall–Kier alpha value is -5.13. The molecule has 0 spiro atoms. The first-order valence-electron chi connectivity index (χ1n) is 21.5. The van der Waals surface area contributed by atoms with E-state index in [1.165, 1.54) is 4.90 Å². The second-order valence-electron chi connectivity index (χ2n) is 17.6. The summed E-state index contributed by atoms with van der Waals surface area (Å²) < 4.78 is 7.73. The molecule has 3 aromatic heterocycles. The van der Waals surface area contributed by atoms with Crippen LogP contribution in [0.25, 0.3) is 15.4 Å². The minimum atomic E-state index is -0.982. The summed E-state index contributed by atoms with van der Waals surface area (Å²) >= 11 is 9.47. The van der Waals surface area contributed by atoms with E-state index in [0.717, 1.165) is 59.8 Å². The van der Waals surface area contributed by atoms with Crippen LogP contribution in [0.5, 0.6) is 0 Å². The number of Topliss-reactive ketones (excluding diaryl/α,β-unsaturated/α-hetero) is 1. The monoisotopic (exact) mass is 926 g/mol. The maximum Gasteiger partial charge on any atom is 0.246 e. The first kappa shape index (κ1) is 46.9. The van der Waals surface area contributed by atoms with Gasteiger partial charge in [0.15, 0.2) is 5.82 Å². The largest absolute Gasteiger partial charge is 0.391 e. The maximum atomic E-state index is 14.0. The lowest BCUT2D eigenvalue weighted by molar-refractivity contribution is -0.144. The fourth-order valence-electron chi connectivity index (χ4n) is 8.12. The van der Waals surface area contributed by atoms with E-state index in [-0.39, 0.29) is 50.8 Å². The highest BCUT2D eigenvalue weighted by Crippen LogP contribution is 2.40. The Labute approximate surface area is 386 Å². The van der Waals surface area contributed by atoms with Gasteiger partial charge in [0.25, 0.3) is 0 Å². The molecule has 338 valence electrons. The summed E-state index contributed by atoms with van der Waals surface area (Å²) in [7, 11) is 0. The molecule has 3 N–H and O–H groups in total. The number of aliphatic imine (C=N–C) groups is 1. The summed E-state index contributed by atoms with van der Waals surface area (Å²) in [6.45, 7) is 13.7. The lowest BCUT2D eigenvalue weighted by atomic mass is 9.85. The highest BCUT2D eigenvalue weighted by molar-refractivity contribution is 7.15. The molecule has 4 atom stereocenters. The molecule has 0 radical (unpaired) electrons. The lowest BCUT2D eigenvalue weighted by Crippen LogP contribution is -2.58. The van der Waals surface area contributed by atoms with E-state index in [1.54, 1.807) is 22.7 Å². The summed E-state index contributed by atoms with van der Waals surface area (Å²) in [5.41, 5.74) is 7.80. The molecule has 64 heavy (non-hydrogen) atoms. The van der Waals surface area contributed by atoms with Crippen molar-refractivity contribution in [2.45, 2.75) is 111 Å². The number of thiophene rings is 1. The van der Waals surface area contributed by atoms with Crippen molar-refractivity contribution in [2.24, 2.45) is 10.4 Å². The zero-order valence-corrected chi connectivity index (χ0v) is 39.6. The molecule has 2 aromatic carbocycles. The van der Waals surface area contributed by atoms with Crippen molar-refractivity contribution >= 4 is 63.5 Å². The third-order valence-electron chi connectivity index (χ3n) is 11.7. The van der Waals surface area contributed by atoms with Crippen LogP contribution in [0.3, 0.4) is 0 Å². The smallest absolute Gasteiger partial charge is 0.246 e.